The first-order valence-electron chi connectivity index (χ1n) is 9.08. The summed E-state index contributed by atoms with van der Waals surface area (Å²) in [5.41, 5.74) is 2.34. The lowest BCUT2D eigenvalue weighted by Gasteiger charge is -2.34. The molecular formula is C22H21ClFN3OS. The maximum Gasteiger partial charge on any atom is 0.171 e. The zero-order valence-electron chi connectivity index (χ0n) is 16.3. The highest BCUT2D eigenvalue weighted by Crippen LogP contribution is 2.35. The number of nitrogens with zero attached hydrogens (tertiary/aromatic N) is 1. The third kappa shape index (κ3) is 4.69. The molecule has 0 saturated carbocycles. The van der Waals surface area contributed by atoms with Crippen molar-refractivity contribution in [2.75, 3.05) is 0 Å². The molecular weight excluding hydrogens is 409 g/mol. The second kappa shape index (κ2) is 8.40. The Labute approximate surface area is 180 Å². The van der Waals surface area contributed by atoms with Crippen LogP contribution in [0.4, 0.5) is 4.39 Å². The highest BCUT2D eigenvalue weighted by atomic mass is 35.5. The lowest BCUT2D eigenvalue weighted by atomic mass is 9.84. The second-order valence-corrected chi connectivity index (χ2v) is 8.56. The molecule has 0 unspecified atom stereocenters. The van der Waals surface area contributed by atoms with Gasteiger partial charge in [-0.1, -0.05) is 50.6 Å². The third-order valence-corrected chi connectivity index (χ3v) is 5.17. The van der Waals surface area contributed by atoms with E-state index in [2.05, 4.69) is 16.7 Å². The second-order valence-electron chi connectivity index (χ2n) is 7.74. The first kappa shape index (κ1) is 21.1. The number of nitriles is 1. The number of nitrogens with one attached hydrogen (secondary N) is 2. The highest BCUT2D eigenvalue weighted by molar-refractivity contribution is 7.80. The molecule has 7 heteroatoms. The molecule has 0 fully saturated rings. The average Bonchev–Trinajstić information content (AvgIpc) is 2.67. The molecule has 0 saturated heterocycles. The van der Waals surface area contributed by atoms with Crippen molar-refractivity contribution in [3.63, 3.8) is 0 Å². The molecule has 0 radical (unpaired) electrons. The van der Waals surface area contributed by atoms with Crippen molar-refractivity contribution in [3.05, 3.63) is 75.7 Å². The summed E-state index contributed by atoms with van der Waals surface area (Å²) in [6.45, 7) is 6.12. The molecule has 0 spiro atoms. The van der Waals surface area contributed by atoms with E-state index in [1.807, 2.05) is 32.9 Å². The molecule has 0 aliphatic carbocycles. The maximum atomic E-state index is 13.9. The van der Waals surface area contributed by atoms with Crippen LogP contribution in [0.15, 0.2) is 53.7 Å². The summed E-state index contributed by atoms with van der Waals surface area (Å²) >= 11 is 11.4. The molecule has 1 heterocycles. The summed E-state index contributed by atoms with van der Waals surface area (Å²) in [7, 11) is 0. The van der Waals surface area contributed by atoms with Gasteiger partial charge in [-0.2, -0.15) is 5.26 Å². The van der Waals surface area contributed by atoms with Gasteiger partial charge in [-0.3, -0.25) is 0 Å². The smallest absolute Gasteiger partial charge is 0.171 e. The van der Waals surface area contributed by atoms with E-state index in [0.29, 0.717) is 27.0 Å². The minimum atomic E-state index is -0.403. The van der Waals surface area contributed by atoms with Gasteiger partial charge in [0, 0.05) is 16.7 Å². The number of hydrogen-bond acceptors (Lipinski definition) is 3. The third-order valence-electron chi connectivity index (χ3n) is 4.60. The quantitative estimate of drug-likeness (QED) is 0.637. The number of thiocarbonyl (C=S) groups is 1. The average molecular weight is 430 g/mol. The van der Waals surface area contributed by atoms with Crippen molar-refractivity contribution >= 4 is 28.9 Å². The van der Waals surface area contributed by atoms with Gasteiger partial charge in [-0.05, 0) is 42.0 Å². The first-order chi connectivity index (χ1) is 13.7. The van der Waals surface area contributed by atoms with Crippen LogP contribution in [0.25, 0.3) is 0 Å². The predicted molar refractivity (Wildman–Crippen MR) is 116 cm³/mol. The molecule has 0 bridgehead atoms. The molecule has 2 N–H and O–H groups in total. The van der Waals surface area contributed by atoms with Crippen molar-refractivity contribution in [2.24, 2.45) is 5.41 Å². The molecule has 4 nitrogen and oxygen atoms in total. The Morgan fingerprint density at radius 2 is 1.90 bits per heavy atom. The summed E-state index contributed by atoms with van der Waals surface area (Å²) in [5.74, 6) is 0.170. The summed E-state index contributed by atoms with van der Waals surface area (Å²) in [6, 6.07) is 13.8. The molecule has 150 valence electrons. The standard InChI is InChI=1S/C22H21ClFN3OS/c1-22(2,3)20-15(11-25)19(26-21(29)27-20)13-7-9-14(10-8-13)28-12-16-17(23)5-4-6-18(16)24/h4-10,19H,12H2,1-3H3,(H2,26,27,29)/t19-/m0/s1. The van der Waals surface area contributed by atoms with E-state index in [0.717, 1.165) is 11.3 Å². The molecule has 3 rings (SSSR count). The Hall–Kier alpha value is -2.62. The molecule has 0 aromatic heterocycles. The van der Waals surface area contributed by atoms with Crippen LogP contribution >= 0.6 is 23.8 Å². The van der Waals surface area contributed by atoms with Crippen LogP contribution < -0.4 is 15.4 Å². The summed E-state index contributed by atoms with van der Waals surface area (Å²) in [6.07, 6.45) is 0. The van der Waals surface area contributed by atoms with E-state index in [4.69, 9.17) is 28.6 Å². The van der Waals surface area contributed by atoms with E-state index in [1.54, 1.807) is 24.3 Å². The van der Waals surface area contributed by atoms with Gasteiger partial charge in [0.25, 0.3) is 0 Å². The molecule has 1 aliphatic heterocycles. The zero-order chi connectivity index (χ0) is 21.2. The van der Waals surface area contributed by atoms with E-state index >= 15 is 0 Å². The summed E-state index contributed by atoms with van der Waals surface area (Å²) in [4.78, 5) is 0. The minimum Gasteiger partial charge on any atom is -0.489 e. The largest absolute Gasteiger partial charge is 0.489 e. The number of hydrogen-bond donors (Lipinski definition) is 2. The molecule has 0 amide bonds. The van der Waals surface area contributed by atoms with Crippen molar-refractivity contribution < 1.29 is 9.13 Å². The van der Waals surface area contributed by atoms with Crippen LogP contribution in [0.5, 0.6) is 5.75 Å². The van der Waals surface area contributed by atoms with Gasteiger partial charge >= 0.3 is 0 Å². The number of allylic oxidation sites excluding steroid dienone is 1. The van der Waals surface area contributed by atoms with Gasteiger partial charge < -0.3 is 15.4 Å². The van der Waals surface area contributed by atoms with Gasteiger partial charge in [-0.25, -0.2) is 4.39 Å². The molecule has 2 aromatic rings. The van der Waals surface area contributed by atoms with Gasteiger partial charge in [0.15, 0.2) is 5.11 Å². The zero-order valence-corrected chi connectivity index (χ0v) is 17.9. The van der Waals surface area contributed by atoms with Crippen LogP contribution in [0, 0.1) is 22.6 Å². The van der Waals surface area contributed by atoms with Crippen molar-refractivity contribution in [1.82, 2.24) is 10.6 Å². The molecule has 29 heavy (non-hydrogen) atoms. The van der Waals surface area contributed by atoms with E-state index in [-0.39, 0.29) is 18.1 Å². The molecule has 2 aromatic carbocycles. The van der Waals surface area contributed by atoms with Crippen LogP contribution in [0.2, 0.25) is 5.02 Å². The van der Waals surface area contributed by atoms with Gasteiger partial charge in [0.2, 0.25) is 0 Å². The van der Waals surface area contributed by atoms with Gasteiger partial charge in [-0.15, -0.1) is 0 Å². The van der Waals surface area contributed by atoms with Gasteiger partial charge in [0.1, 0.15) is 18.2 Å². The fraction of sp³-hybridized carbons (Fsp3) is 0.273. The number of halogens is 2. The predicted octanol–water partition coefficient (Wildman–Crippen LogP) is 5.40. The normalized spacial score (nSPS) is 16.7. The topological polar surface area (TPSA) is 57.1 Å². The number of ether oxygens (including phenoxy) is 1. The maximum absolute atomic E-state index is 13.9. The van der Waals surface area contributed by atoms with Crippen molar-refractivity contribution in [2.45, 2.75) is 33.4 Å². The minimum absolute atomic E-state index is 0.0259. The Kier molecular flexibility index (Phi) is 6.11. The Morgan fingerprint density at radius 3 is 2.48 bits per heavy atom. The summed E-state index contributed by atoms with van der Waals surface area (Å²) < 4.78 is 19.6. The SMILES string of the molecule is CC(C)(C)C1=C(C#N)[C@H](c2ccc(OCc3c(F)cccc3Cl)cc2)NC(=S)N1. The summed E-state index contributed by atoms with van der Waals surface area (Å²) in [5, 5.41) is 16.8. The Bertz CT molecular complexity index is 986. The number of benzene rings is 2. The fourth-order valence-corrected chi connectivity index (χ4v) is 3.55. The monoisotopic (exact) mass is 429 g/mol. The highest BCUT2D eigenvalue weighted by Gasteiger charge is 2.32. The molecule has 1 aliphatic rings. The molecule has 1 atom stereocenters. The van der Waals surface area contributed by atoms with Crippen LogP contribution in [0.1, 0.15) is 37.9 Å². The van der Waals surface area contributed by atoms with Crippen molar-refractivity contribution in [3.8, 4) is 11.8 Å². The Morgan fingerprint density at radius 1 is 1.21 bits per heavy atom. The van der Waals surface area contributed by atoms with Gasteiger partial charge in [0.05, 0.1) is 22.7 Å². The van der Waals surface area contributed by atoms with Crippen LogP contribution in [-0.4, -0.2) is 5.11 Å². The number of rotatable bonds is 4. The lowest BCUT2D eigenvalue weighted by molar-refractivity contribution is 0.300. The lowest BCUT2D eigenvalue weighted by Crippen LogP contribution is -2.46. The van der Waals surface area contributed by atoms with Crippen LogP contribution in [-0.2, 0) is 6.61 Å². The van der Waals surface area contributed by atoms with E-state index in [9.17, 15) is 9.65 Å². The van der Waals surface area contributed by atoms with Crippen molar-refractivity contribution in [1.29, 1.82) is 5.26 Å². The first-order valence-corrected chi connectivity index (χ1v) is 9.87. The van der Waals surface area contributed by atoms with E-state index in [1.165, 1.54) is 6.07 Å². The Balaban J connectivity index is 1.82. The van der Waals surface area contributed by atoms with E-state index < -0.39 is 5.82 Å². The van der Waals surface area contributed by atoms with Crippen LogP contribution in [0.3, 0.4) is 0 Å². The fourth-order valence-electron chi connectivity index (χ4n) is 3.11.